The minimum absolute atomic E-state index is 0.0788. The lowest BCUT2D eigenvalue weighted by atomic mass is 10.1. The van der Waals surface area contributed by atoms with Crippen LogP contribution in [0.3, 0.4) is 0 Å². The fourth-order valence-electron chi connectivity index (χ4n) is 4.00. The first-order valence-electron chi connectivity index (χ1n) is 12.6. The van der Waals surface area contributed by atoms with Crippen molar-refractivity contribution >= 4 is 27.5 Å². The molecule has 1 N–H and O–H groups in total. The Morgan fingerprint density at radius 2 is 1.45 bits per heavy atom. The van der Waals surface area contributed by atoms with Gasteiger partial charge in [-0.2, -0.15) is 0 Å². The molecule has 0 saturated heterocycles. The molecule has 3 aromatic rings. The molecule has 9 heteroatoms. The van der Waals surface area contributed by atoms with Gasteiger partial charge in [0.1, 0.15) is 18.4 Å². The molecule has 3 rings (SSSR count). The largest absolute Gasteiger partial charge is 0.352 e. The number of halogens is 1. The number of carbonyl (C=O) groups is 2. The number of nitrogens with one attached hydrogen (secondary N) is 1. The van der Waals surface area contributed by atoms with Crippen LogP contribution in [0.4, 0.5) is 10.1 Å². The third-order valence-corrected chi connectivity index (χ3v) is 8.10. The van der Waals surface area contributed by atoms with Gasteiger partial charge < -0.3 is 10.2 Å². The van der Waals surface area contributed by atoms with Crippen molar-refractivity contribution in [3.63, 3.8) is 0 Å². The van der Waals surface area contributed by atoms with Crippen molar-refractivity contribution in [2.45, 2.75) is 57.1 Å². The normalized spacial score (nSPS) is 12.8. The lowest BCUT2D eigenvalue weighted by Crippen LogP contribution is -2.53. The summed E-state index contributed by atoms with van der Waals surface area (Å²) in [5.41, 5.74) is 1.09. The van der Waals surface area contributed by atoms with Crippen LogP contribution in [-0.2, 0) is 26.2 Å². The van der Waals surface area contributed by atoms with Crippen molar-refractivity contribution in [2.24, 2.45) is 0 Å². The highest BCUT2D eigenvalue weighted by atomic mass is 32.2. The predicted molar refractivity (Wildman–Crippen MR) is 146 cm³/mol. The molecule has 0 saturated carbocycles. The summed E-state index contributed by atoms with van der Waals surface area (Å²) >= 11 is 0. The van der Waals surface area contributed by atoms with Crippen LogP contribution in [0.25, 0.3) is 0 Å². The van der Waals surface area contributed by atoms with Crippen molar-refractivity contribution in [1.29, 1.82) is 0 Å². The van der Waals surface area contributed by atoms with Crippen molar-refractivity contribution in [3.05, 3.63) is 96.3 Å². The molecular formula is C29H34FN3O4S. The molecule has 0 fully saturated rings. The van der Waals surface area contributed by atoms with Gasteiger partial charge in [0.15, 0.2) is 0 Å². The van der Waals surface area contributed by atoms with E-state index >= 15 is 0 Å². The maximum Gasteiger partial charge on any atom is 0.264 e. The molecular weight excluding hydrogens is 505 g/mol. The molecule has 0 heterocycles. The molecule has 0 aliphatic carbocycles. The van der Waals surface area contributed by atoms with Gasteiger partial charge in [0.05, 0.1) is 10.6 Å². The van der Waals surface area contributed by atoms with Gasteiger partial charge in [0, 0.05) is 12.6 Å². The van der Waals surface area contributed by atoms with E-state index in [9.17, 15) is 22.4 Å². The molecule has 0 aliphatic heterocycles. The molecule has 3 aromatic carbocycles. The summed E-state index contributed by atoms with van der Waals surface area (Å²) in [6, 6.07) is 21.1. The molecule has 0 unspecified atom stereocenters. The van der Waals surface area contributed by atoms with E-state index in [0.717, 1.165) is 28.4 Å². The van der Waals surface area contributed by atoms with Crippen molar-refractivity contribution in [1.82, 2.24) is 10.2 Å². The quantitative estimate of drug-likeness (QED) is 0.360. The zero-order chi connectivity index (χ0) is 27.7. The van der Waals surface area contributed by atoms with Crippen LogP contribution < -0.4 is 9.62 Å². The molecule has 0 spiro atoms. The smallest absolute Gasteiger partial charge is 0.264 e. The van der Waals surface area contributed by atoms with E-state index in [1.54, 1.807) is 30.3 Å². The first-order valence-corrected chi connectivity index (χ1v) is 14.1. The van der Waals surface area contributed by atoms with Crippen LogP contribution in [0.5, 0.6) is 0 Å². The molecule has 0 bridgehead atoms. The SMILES string of the molecule is CC[C@@H](C)NC(=O)[C@H](CC)N(Cc1ccccc1)C(=O)CN(c1ccccc1)S(=O)(=O)c1ccc(F)cc1. The van der Waals surface area contributed by atoms with E-state index in [0.29, 0.717) is 6.42 Å². The van der Waals surface area contributed by atoms with Gasteiger partial charge >= 0.3 is 0 Å². The lowest BCUT2D eigenvalue weighted by molar-refractivity contribution is -0.140. The Labute approximate surface area is 224 Å². The molecule has 0 radical (unpaired) electrons. The van der Waals surface area contributed by atoms with E-state index in [1.165, 1.54) is 17.0 Å². The topological polar surface area (TPSA) is 86.8 Å². The monoisotopic (exact) mass is 539 g/mol. The van der Waals surface area contributed by atoms with Crippen LogP contribution >= 0.6 is 0 Å². The van der Waals surface area contributed by atoms with Gasteiger partial charge in [0.2, 0.25) is 11.8 Å². The Bertz CT molecular complexity index is 1300. The molecule has 7 nitrogen and oxygen atoms in total. The Morgan fingerprint density at radius 3 is 2.00 bits per heavy atom. The van der Waals surface area contributed by atoms with Crippen molar-refractivity contribution in [2.75, 3.05) is 10.8 Å². The lowest BCUT2D eigenvalue weighted by Gasteiger charge is -2.33. The highest BCUT2D eigenvalue weighted by Crippen LogP contribution is 2.25. The van der Waals surface area contributed by atoms with Crippen molar-refractivity contribution < 1.29 is 22.4 Å². The van der Waals surface area contributed by atoms with Gasteiger partial charge in [-0.1, -0.05) is 62.4 Å². The van der Waals surface area contributed by atoms with E-state index in [2.05, 4.69) is 5.32 Å². The summed E-state index contributed by atoms with van der Waals surface area (Å²) in [5.74, 6) is -1.40. The fraction of sp³-hybridized carbons (Fsp3) is 0.310. The first kappa shape index (κ1) is 28.8. The van der Waals surface area contributed by atoms with Gasteiger partial charge in [-0.25, -0.2) is 12.8 Å². The number of carbonyl (C=O) groups excluding carboxylic acids is 2. The Morgan fingerprint density at radius 1 is 0.868 bits per heavy atom. The maximum atomic E-state index is 13.9. The average Bonchev–Trinajstić information content (AvgIpc) is 2.92. The van der Waals surface area contributed by atoms with Gasteiger partial charge in [-0.05, 0) is 61.7 Å². The van der Waals surface area contributed by atoms with Gasteiger partial charge in [-0.3, -0.25) is 13.9 Å². The van der Waals surface area contributed by atoms with Gasteiger partial charge in [-0.15, -0.1) is 0 Å². The number of hydrogen-bond donors (Lipinski definition) is 1. The Balaban J connectivity index is 2.01. The number of sulfonamides is 1. The second kappa shape index (κ2) is 13.2. The number of para-hydroxylation sites is 1. The summed E-state index contributed by atoms with van der Waals surface area (Å²) in [6.07, 6.45) is 1.07. The van der Waals surface area contributed by atoms with E-state index in [1.807, 2.05) is 51.1 Å². The van der Waals surface area contributed by atoms with Gasteiger partial charge in [0.25, 0.3) is 10.0 Å². The Hall–Kier alpha value is -3.72. The highest BCUT2D eigenvalue weighted by molar-refractivity contribution is 7.92. The molecule has 38 heavy (non-hydrogen) atoms. The Kier molecular flexibility index (Phi) is 10.0. The maximum absolute atomic E-state index is 13.9. The summed E-state index contributed by atoms with van der Waals surface area (Å²) < 4.78 is 41.9. The molecule has 0 aromatic heterocycles. The third-order valence-electron chi connectivity index (χ3n) is 6.31. The third kappa shape index (κ3) is 7.19. The number of anilines is 1. The minimum Gasteiger partial charge on any atom is -0.352 e. The molecule has 2 amide bonds. The van der Waals surface area contributed by atoms with E-state index in [-0.39, 0.29) is 29.1 Å². The summed E-state index contributed by atoms with van der Waals surface area (Å²) in [6.45, 7) is 5.25. The first-order chi connectivity index (χ1) is 18.2. The second-order valence-electron chi connectivity index (χ2n) is 9.05. The number of amides is 2. The van der Waals surface area contributed by atoms with Crippen molar-refractivity contribution in [3.8, 4) is 0 Å². The summed E-state index contributed by atoms with van der Waals surface area (Å²) in [7, 11) is -4.23. The summed E-state index contributed by atoms with van der Waals surface area (Å²) in [5, 5.41) is 2.95. The van der Waals surface area contributed by atoms with E-state index < -0.39 is 34.3 Å². The predicted octanol–water partition coefficient (Wildman–Crippen LogP) is 4.74. The molecule has 202 valence electrons. The van der Waals surface area contributed by atoms with E-state index in [4.69, 9.17) is 0 Å². The highest BCUT2D eigenvalue weighted by Gasteiger charge is 2.33. The number of rotatable bonds is 12. The minimum atomic E-state index is -4.23. The van der Waals surface area contributed by atoms with Crippen LogP contribution in [0.15, 0.2) is 89.8 Å². The average molecular weight is 540 g/mol. The molecule has 0 aliphatic rings. The number of nitrogens with zero attached hydrogens (tertiary/aromatic N) is 2. The van der Waals surface area contributed by atoms with Crippen LogP contribution in [0.1, 0.15) is 39.2 Å². The van der Waals surface area contributed by atoms with Crippen LogP contribution in [-0.4, -0.2) is 43.8 Å². The van der Waals surface area contributed by atoms with Crippen LogP contribution in [0, 0.1) is 5.82 Å². The zero-order valence-electron chi connectivity index (χ0n) is 21.9. The number of hydrogen-bond acceptors (Lipinski definition) is 4. The standard InChI is InChI=1S/C29H34FN3O4S/c1-4-22(3)31-29(35)27(5-2)32(20-23-12-8-6-9-13-23)28(34)21-33(25-14-10-7-11-15-25)38(36,37)26-18-16-24(30)17-19-26/h6-19,22,27H,4-5,20-21H2,1-3H3,(H,31,35)/t22-,27+/m1/s1. The number of benzene rings is 3. The zero-order valence-corrected chi connectivity index (χ0v) is 22.7. The fourth-order valence-corrected chi connectivity index (χ4v) is 5.41. The second-order valence-corrected chi connectivity index (χ2v) is 10.9. The van der Waals surface area contributed by atoms with Crippen LogP contribution in [0.2, 0.25) is 0 Å². The summed E-state index contributed by atoms with van der Waals surface area (Å²) in [4.78, 5) is 28.4. The molecule has 2 atom stereocenters.